The molecule has 0 nitrogen and oxygen atoms in total. The summed E-state index contributed by atoms with van der Waals surface area (Å²) >= 11 is 15.9. The van der Waals surface area contributed by atoms with Crippen LogP contribution in [-0.4, -0.2) is 0 Å². The Morgan fingerprint density at radius 3 is 2.22 bits per heavy atom. The molecule has 0 amide bonds. The van der Waals surface area contributed by atoms with E-state index in [1.807, 2.05) is 18.2 Å². The van der Waals surface area contributed by atoms with Crippen molar-refractivity contribution >= 4 is 39.1 Å². The first-order valence-corrected chi connectivity index (χ1v) is 7.40. The minimum Gasteiger partial charge on any atom is -0.113 e. The summed E-state index contributed by atoms with van der Waals surface area (Å²) < 4.78 is 0.887. The second kappa shape index (κ2) is 6.10. The Morgan fingerprint density at radius 1 is 1.06 bits per heavy atom. The van der Waals surface area contributed by atoms with E-state index < -0.39 is 0 Å². The minimum absolute atomic E-state index is 0.165. The van der Waals surface area contributed by atoms with E-state index in [0.29, 0.717) is 5.02 Å². The van der Waals surface area contributed by atoms with Crippen molar-refractivity contribution in [2.24, 2.45) is 0 Å². The molecule has 18 heavy (non-hydrogen) atoms. The Hall–Kier alpha value is -0.500. The van der Waals surface area contributed by atoms with Gasteiger partial charge in [-0.25, -0.2) is 0 Å². The van der Waals surface area contributed by atoms with Crippen LogP contribution >= 0.6 is 39.1 Å². The van der Waals surface area contributed by atoms with Gasteiger partial charge in [-0.15, -0.1) is 11.6 Å². The maximum atomic E-state index is 6.48. The van der Waals surface area contributed by atoms with Crippen molar-refractivity contribution in [1.82, 2.24) is 0 Å². The van der Waals surface area contributed by atoms with Gasteiger partial charge in [0.25, 0.3) is 0 Å². The smallest absolute Gasteiger partial charge is 0.0835 e. The fraction of sp³-hybridized carbons (Fsp3) is 0.200. The predicted molar refractivity (Wildman–Crippen MR) is 82.7 cm³/mol. The van der Waals surface area contributed by atoms with Crippen LogP contribution in [-0.2, 0) is 6.42 Å². The molecule has 0 saturated heterocycles. The van der Waals surface area contributed by atoms with Crippen molar-refractivity contribution in [3.05, 3.63) is 68.7 Å². The van der Waals surface area contributed by atoms with Gasteiger partial charge >= 0.3 is 0 Å². The average molecular weight is 344 g/mol. The molecule has 0 aliphatic heterocycles. The summed E-state index contributed by atoms with van der Waals surface area (Å²) in [6, 6.07) is 14.2. The third-order valence-electron chi connectivity index (χ3n) is 2.92. The van der Waals surface area contributed by atoms with E-state index in [9.17, 15) is 0 Å². The van der Waals surface area contributed by atoms with Crippen LogP contribution in [0.2, 0.25) is 5.02 Å². The Labute approximate surface area is 126 Å². The van der Waals surface area contributed by atoms with Crippen molar-refractivity contribution in [3.8, 4) is 0 Å². The van der Waals surface area contributed by atoms with Gasteiger partial charge in [0.1, 0.15) is 0 Å². The normalized spacial score (nSPS) is 12.4. The molecule has 0 bridgehead atoms. The van der Waals surface area contributed by atoms with Crippen LogP contribution in [0.25, 0.3) is 0 Å². The Kier molecular flexibility index (Phi) is 4.71. The fourth-order valence-electron chi connectivity index (χ4n) is 1.78. The molecule has 0 aromatic heterocycles. The van der Waals surface area contributed by atoms with Crippen molar-refractivity contribution in [2.45, 2.75) is 18.7 Å². The molecule has 0 N–H and O–H groups in total. The van der Waals surface area contributed by atoms with Crippen LogP contribution in [0.4, 0.5) is 0 Å². The molecule has 2 aromatic rings. The number of halogens is 3. The van der Waals surface area contributed by atoms with E-state index in [0.717, 1.165) is 22.0 Å². The molecule has 1 unspecified atom stereocenters. The van der Waals surface area contributed by atoms with Crippen molar-refractivity contribution < 1.29 is 0 Å². The molecule has 0 radical (unpaired) electrons. The molecular formula is C15H13BrCl2. The Bertz CT molecular complexity index is 535. The summed E-state index contributed by atoms with van der Waals surface area (Å²) in [5.74, 6) is 0. The number of alkyl halides is 1. The average Bonchev–Trinajstić information content (AvgIpc) is 2.41. The molecule has 0 aliphatic carbocycles. The van der Waals surface area contributed by atoms with Gasteiger partial charge in [0.15, 0.2) is 0 Å². The first kappa shape index (κ1) is 13.9. The maximum Gasteiger partial charge on any atom is 0.0835 e. The van der Waals surface area contributed by atoms with Crippen LogP contribution < -0.4 is 0 Å². The summed E-state index contributed by atoms with van der Waals surface area (Å²) in [5.41, 5.74) is 3.41. The molecule has 0 aliphatic rings. The highest BCUT2D eigenvalue weighted by Crippen LogP contribution is 2.33. The second-order valence-corrected chi connectivity index (χ2v) is 5.83. The zero-order valence-corrected chi connectivity index (χ0v) is 13.1. The molecule has 0 fully saturated rings. The van der Waals surface area contributed by atoms with E-state index in [4.69, 9.17) is 23.2 Å². The van der Waals surface area contributed by atoms with Crippen LogP contribution in [0, 0.1) is 0 Å². The van der Waals surface area contributed by atoms with Gasteiger partial charge < -0.3 is 0 Å². The Balaban J connectivity index is 2.28. The molecule has 0 spiro atoms. The first-order chi connectivity index (χ1) is 8.61. The summed E-state index contributed by atoms with van der Waals surface area (Å²) in [6.07, 6.45) is 1.04. The van der Waals surface area contributed by atoms with Crippen LogP contribution in [0.5, 0.6) is 0 Å². The van der Waals surface area contributed by atoms with Crippen LogP contribution in [0.15, 0.2) is 46.9 Å². The number of rotatable bonds is 3. The van der Waals surface area contributed by atoms with Gasteiger partial charge in [0.2, 0.25) is 0 Å². The monoisotopic (exact) mass is 342 g/mol. The molecule has 1 atom stereocenters. The lowest BCUT2D eigenvalue weighted by molar-refractivity contribution is 1.10. The lowest BCUT2D eigenvalue weighted by Crippen LogP contribution is -1.94. The SMILES string of the molecule is CCc1ccc(C(Cl)c2ccc(Br)c(Cl)c2)cc1. The van der Waals surface area contributed by atoms with Gasteiger partial charge in [0.05, 0.1) is 10.4 Å². The molecule has 94 valence electrons. The molecule has 0 heterocycles. The zero-order chi connectivity index (χ0) is 13.1. The second-order valence-electron chi connectivity index (χ2n) is 4.13. The van der Waals surface area contributed by atoms with Gasteiger partial charge in [-0.1, -0.05) is 48.9 Å². The first-order valence-electron chi connectivity index (χ1n) is 5.79. The van der Waals surface area contributed by atoms with Crippen molar-refractivity contribution in [1.29, 1.82) is 0 Å². The molecule has 0 saturated carbocycles. The van der Waals surface area contributed by atoms with Gasteiger partial charge in [-0.3, -0.25) is 0 Å². The van der Waals surface area contributed by atoms with Crippen molar-refractivity contribution in [3.63, 3.8) is 0 Å². The minimum atomic E-state index is -0.165. The number of hydrogen-bond acceptors (Lipinski definition) is 0. The zero-order valence-electron chi connectivity index (χ0n) is 9.96. The van der Waals surface area contributed by atoms with E-state index >= 15 is 0 Å². The van der Waals surface area contributed by atoms with E-state index in [1.165, 1.54) is 5.56 Å². The molecule has 3 heteroatoms. The highest BCUT2D eigenvalue weighted by Gasteiger charge is 2.11. The van der Waals surface area contributed by atoms with Crippen LogP contribution in [0.3, 0.4) is 0 Å². The predicted octanol–water partition coefficient (Wildman–Crippen LogP) is 5.99. The summed E-state index contributed by atoms with van der Waals surface area (Å²) in [7, 11) is 0. The third kappa shape index (κ3) is 3.09. The van der Waals surface area contributed by atoms with Gasteiger partial charge in [0, 0.05) is 4.47 Å². The number of hydrogen-bond donors (Lipinski definition) is 0. The van der Waals surface area contributed by atoms with Crippen molar-refractivity contribution in [2.75, 3.05) is 0 Å². The summed E-state index contributed by atoms with van der Waals surface area (Å²) in [5, 5.41) is 0.518. The summed E-state index contributed by atoms with van der Waals surface area (Å²) in [6.45, 7) is 2.14. The lowest BCUT2D eigenvalue weighted by Gasteiger charge is -2.12. The third-order valence-corrected chi connectivity index (χ3v) is 4.65. The van der Waals surface area contributed by atoms with Gasteiger partial charge in [-0.05, 0) is 51.2 Å². The summed E-state index contributed by atoms with van der Waals surface area (Å²) in [4.78, 5) is 0. The quantitative estimate of drug-likeness (QED) is 0.600. The number of benzene rings is 2. The van der Waals surface area contributed by atoms with Gasteiger partial charge in [-0.2, -0.15) is 0 Å². The fourth-order valence-corrected chi connectivity index (χ4v) is 2.50. The maximum absolute atomic E-state index is 6.48. The van der Waals surface area contributed by atoms with Crippen LogP contribution in [0.1, 0.15) is 29.0 Å². The molecule has 2 aromatic carbocycles. The highest BCUT2D eigenvalue weighted by molar-refractivity contribution is 9.10. The van der Waals surface area contributed by atoms with E-state index in [1.54, 1.807) is 0 Å². The van der Waals surface area contributed by atoms with E-state index in [-0.39, 0.29) is 5.38 Å². The highest BCUT2D eigenvalue weighted by atomic mass is 79.9. The topological polar surface area (TPSA) is 0 Å². The molecule has 2 rings (SSSR count). The number of aryl methyl sites for hydroxylation is 1. The standard InChI is InChI=1S/C15H13BrCl2/c1-2-10-3-5-11(6-4-10)15(18)12-7-8-13(16)14(17)9-12/h3-9,15H,2H2,1H3. The lowest BCUT2D eigenvalue weighted by atomic mass is 10.0. The molecular weight excluding hydrogens is 331 g/mol. The Morgan fingerprint density at radius 2 is 1.67 bits per heavy atom. The largest absolute Gasteiger partial charge is 0.113 e. The van der Waals surface area contributed by atoms with E-state index in [2.05, 4.69) is 47.1 Å².